The van der Waals surface area contributed by atoms with E-state index in [1.54, 1.807) is 0 Å². The third-order valence-electron chi connectivity index (χ3n) is 10.2. The zero-order valence-electron chi connectivity index (χ0n) is 26.4. The van der Waals surface area contributed by atoms with E-state index in [0.717, 1.165) is 28.2 Å². The maximum atomic E-state index is 5.46. The van der Waals surface area contributed by atoms with Crippen molar-refractivity contribution in [2.45, 2.75) is 45.4 Å². The van der Waals surface area contributed by atoms with E-state index in [2.05, 4.69) is 162 Å². The average molecular weight is 570 g/mol. The van der Waals surface area contributed by atoms with Gasteiger partial charge in [0.25, 0.3) is 0 Å². The molecule has 2 heteroatoms. The molecule has 1 heterocycles. The molecule has 0 saturated heterocycles. The van der Waals surface area contributed by atoms with Gasteiger partial charge in [0.1, 0.15) is 18.4 Å². The van der Waals surface area contributed by atoms with Gasteiger partial charge in [0.05, 0.1) is 5.56 Å². The van der Waals surface area contributed by atoms with Crippen molar-refractivity contribution < 1.29 is 4.57 Å². The third-order valence-corrected chi connectivity index (χ3v) is 10.2. The van der Waals surface area contributed by atoms with E-state index in [1.807, 2.05) is 0 Å². The number of hydrogen-bond acceptors (Lipinski definition) is 1. The Bertz CT molecular complexity index is 2130. The van der Waals surface area contributed by atoms with E-state index in [9.17, 15) is 0 Å². The highest BCUT2D eigenvalue weighted by atomic mass is 15.0. The molecule has 2 aliphatic carbocycles. The minimum absolute atomic E-state index is 0.0755. The first kappa shape index (κ1) is 26.8. The van der Waals surface area contributed by atoms with Gasteiger partial charge in [-0.25, -0.2) is 4.98 Å². The van der Waals surface area contributed by atoms with Crippen molar-refractivity contribution in [3.8, 4) is 56.0 Å². The van der Waals surface area contributed by atoms with Crippen molar-refractivity contribution in [3.63, 3.8) is 0 Å². The van der Waals surface area contributed by atoms with Crippen molar-refractivity contribution in [3.05, 3.63) is 143 Å². The monoisotopic (exact) mass is 569 g/mol. The van der Waals surface area contributed by atoms with Crippen LogP contribution in [-0.4, -0.2) is 4.98 Å². The molecular formula is C42H37N2+. The minimum Gasteiger partial charge on any atom is -0.234 e. The van der Waals surface area contributed by atoms with Gasteiger partial charge in [0.15, 0.2) is 6.20 Å². The Labute approximate surface area is 260 Å². The van der Waals surface area contributed by atoms with Gasteiger partial charge in [-0.15, -0.1) is 0 Å². The van der Waals surface area contributed by atoms with Gasteiger partial charge >= 0.3 is 0 Å². The summed E-state index contributed by atoms with van der Waals surface area (Å²) < 4.78 is 2.29. The van der Waals surface area contributed by atoms with Crippen LogP contribution in [0.25, 0.3) is 56.0 Å². The molecule has 6 aromatic rings. The van der Waals surface area contributed by atoms with Gasteiger partial charge in [-0.2, -0.15) is 4.57 Å². The van der Waals surface area contributed by atoms with Crippen LogP contribution in [0.2, 0.25) is 0 Å². The van der Waals surface area contributed by atoms with Crippen molar-refractivity contribution >= 4 is 0 Å². The van der Waals surface area contributed by atoms with Gasteiger partial charge < -0.3 is 0 Å². The summed E-state index contributed by atoms with van der Waals surface area (Å²) in [6.07, 6.45) is 2.19. The van der Waals surface area contributed by atoms with Crippen LogP contribution in [0.15, 0.2) is 115 Å². The van der Waals surface area contributed by atoms with Crippen LogP contribution in [-0.2, 0) is 17.9 Å². The van der Waals surface area contributed by atoms with Gasteiger partial charge in [0.2, 0.25) is 5.69 Å². The Morgan fingerprint density at radius 1 is 0.523 bits per heavy atom. The summed E-state index contributed by atoms with van der Waals surface area (Å²) >= 11 is 0. The maximum Gasteiger partial charge on any atom is 0.239 e. The van der Waals surface area contributed by atoms with E-state index in [1.165, 1.54) is 55.6 Å². The van der Waals surface area contributed by atoms with Crippen LogP contribution in [0.4, 0.5) is 0 Å². The highest BCUT2D eigenvalue weighted by Crippen LogP contribution is 2.52. The first-order valence-electron chi connectivity index (χ1n) is 15.6. The second-order valence-corrected chi connectivity index (χ2v) is 13.6. The SMILES string of the molecule is Cc1cc2c(cc1-c1c(-c3ccc4c(c3)C(C)(C)c3ccccc3-4)nc(-c3ccccc3)c[n+]1C)C(C)(C)c1ccccc1-2. The molecule has 0 unspecified atom stereocenters. The Morgan fingerprint density at radius 3 is 1.77 bits per heavy atom. The number of nitrogens with zero attached hydrogens (tertiary/aromatic N) is 2. The van der Waals surface area contributed by atoms with E-state index in [4.69, 9.17) is 4.98 Å². The van der Waals surface area contributed by atoms with Crippen LogP contribution < -0.4 is 4.57 Å². The topological polar surface area (TPSA) is 16.8 Å². The fourth-order valence-corrected chi connectivity index (χ4v) is 7.85. The Balaban J connectivity index is 1.38. The molecule has 5 aromatic carbocycles. The van der Waals surface area contributed by atoms with Crippen molar-refractivity contribution in [2.24, 2.45) is 7.05 Å². The summed E-state index contributed by atoms with van der Waals surface area (Å²) in [6.45, 7) is 11.7. The second-order valence-electron chi connectivity index (χ2n) is 13.6. The Hall–Kier alpha value is -4.82. The molecule has 8 rings (SSSR count). The average Bonchev–Trinajstić information content (AvgIpc) is 3.40. The molecule has 0 bridgehead atoms. The molecule has 2 nitrogen and oxygen atoms in total. The smallest absolute Gasteiger partial charge is 0.234 e. The molecule has 0 radical (unpaired) electrons. The molecule has 0 atom stereocenters. The van der Waals surface area contributed by atoms with Crippen LogP contribution in [0.5, 0.6) is 0 Å². The number of aryl methyl sites for hydroxylation is 2. The Kier molecular flexibility index (Phi) is 5.68. The minimum atomic E-state index is -0.0827. The van der Waals surface area contributed by atoms with E-state index >= 15 is 0 Å². The fraction of sp³-hybridized carbons (Fsp3) is 0.190. The lowest BCUT2D eigenvalue weighted by Crippen LogP contribution is -2.33. The predicted octanol–water partition coefficient (Wildman–Crippen LogP) is 9.83. The first-order valence-corrected chi connectivity index (χ1v) is 15.6. The molecule has 44 heavy (non-hydrogen) atoms. The molecule has 1 aromatic heterocycles. The number of hydrogen-bond donors (Lipinski definition) is 0. The standard InChI is InChI=1S/C42H37N2/c1-26-22-33-30-17-11-13-19-35(30)42(4,5)37(33)24-32(26)40-39(43-38(25-44(40)6)27-14-8-7-9-15-27)28-20-21-31-29-16-10-12-18-34(29)41(2,3)36(31)23-28/h7-25H,1-6H3/q+1. The van der Waals surface area contributed by atoms with Gasteiger partial charge in [-0.05, 0) is 69.1 Å². The number of rotatable bonds is 3. The molecule has 214 valence electrons. The van der Waals surface area contributed by atoms with E-state index in [0.29, 0.717) is 0 Å². The van der Waals surface area contributed by atoms with Crippen LogP contribution in [0.1, 0.15) is 55.5 Å². The summed E-state index contributed by atoms with van der Waals surface area (Å²) in [5.41, 5.74) is 18.6. The first-order chi connectivity index (χ1) is 21.2. The summed E-state index contributed by atoms with van der Waals surface area (Å²) in [6, 6.07) is 40.1. The number of aromatic nitrogens is 2. The van der Waals surface area contributed by atoms with Gasteiger partial charge in [0, 0.05) is 22.0 Å². The lowest BCUT2D eigenvalue weighted by atomic mass is 9.80. The fourth-order valence-electron chi connectivity index (χ4n) is 7.85. The lowest BCUT2D eigenvalue weighted by Gasteiger charge is -2.23. The summed E-state index contributed by atoms with van der Waals surface area (Å²) in [5.74, 6) is 0. The van der Waals surface area contributed by atoms with Crippen molar-refractivity contribution in [1.82, 2.24) is 4.98 Å². The highest BCUT2D eigenvalue weighted by Gasteiger charge is 2.38. The zero-order chi connectivity index (χ0) is 30.4. The van der Waals surface area contributed by atoms with Crippen LogP contribution in [0, 0.1) is 6.92 Å². The van der Waals surface area contributed by atoms with E-state index < -0.39 is 0 Å². The van der Waals surface area contributed by atoms with Gasteiger partial charge in [-0.1, -0.05) is 125 Å². The largest absolute Gasteiger partial charge is 0.239 e. The second kappa shape index (κ2) is 9.34. The quantitative estimate of drug-likeness (QED) is 0.194. The lowest BCUT2D eigenvalue weighted by molar-refractivity contribution is -0.659. The number of benzene rings is 5. The molecule has 2 aliphatic rings. The molecule has 0 N–H and O–H groups in total. The summed E-state index contributed by atoms with van der Waals surface area (Å²) in [7, 11) is 2.17. The zero-order valence-corrected chi connectivity index (χ0v) is 26.4. The third kappa shape index (κ3) is 3.73. The van der Waals surface area contributed by atoms with E-state index in [-0.39, 0.29) is 10.8 Å². The van der Waals surface area contributed by atoms with Crippen LogP contribution in [0.3, 0.4) is 0 Å². The normalized spacial score (nSPS) is 15.0. The molecular weight excluding hydrogens is 532 g/mol. The molecule has 0 spiro atoms. The van der Waals surface area contributed by atoms with Crippen molar-refractivity contribution in [1.29, 1.82) is 0 Å². The molecule has 0 saturated carbocycles. The number of fused-ring (bicyclic) bond motifs is 6. The summed E-state index contributed by atoms with van der Waals surface area (Å²) in [5, 5.41) is 0. The highest BCUT2D eigenvalue weighted by molar-refractivity contribution is 5.89. The van der Waals surface area contributed by atoms with Gasteiger partial charge in [-0.3, -0.25) is 0 Å². The van der Waals surface area contributed by atoms with Crippen LogP contribution >= 0.6 is 0 Å². The molecule has 0 amide bonds. The maximum absolute atomic E-state index is 5.46. The summed E-state index contributed by atoms with van der Waals surface area (Å²) in [4.78, 5) is 5.46. The molecule has 0 aliphatic heterocycles. The Morgan fingerprint density at radius 2 is 1.09 bits per heavy atom. The predicted molar refractivity (Wildman–Crippen MR) is 182 cm³/mol. The molecule has 0 fully saturated rings. The van der Waals surface area contributed by atoms with Crippen molar-refractivity contribution in [2.75, 3.05) is 0 Å².